The summed E-state index contributed by atoms with van der Waals surface area (Å²) in [4.78, 5) is 38.8. The number of fused-ring (bicyclic) bond motifs is 1. The van der Waals surface area contributed by atoms with Gasteiger partial charge < -0.3 is 9.47 Å². The molecule has 0 aromatic carbocycles. The molecule has 0 bridgehead atoms. The van der Waals surface area contributed by atoms with E-state index in [1.807, 2.05) is 0 Å². The Bertz CT molecular complexity index is 496. The van der Waals surface area contributed by atoms with Crippen LogP contribution in [-0.2, 0) is 23.9 Å². The van der Waals surface area contributed by atoms with Crippen molar-refractivity contribution in [3.63, 3.8) is 0 Å². The van der Waals surface area contributed by atoms with Gasteiger partial charge in [0.1, 0.15) is 12.1 Å². The molecule has 6 heteroatoms. The molecule has 3 fully saturated rings. The molecule has 2 saturated carbocycles. The maximum Gasteiger partial charge on any atom is 0.329 e. The number of carbonyl (C=O) groups excluding carboxylic acids is 3. The Morgan fingerprint density at radius 2 is 1.58 bits per heavy atom. The van der Waals surface area contributed by atoms with Crippen molar-refractivity contribution in [2.75, 3.05) is 7.11 Å². The van der Waals surface area contributed by atoms with Crippen LogP contribution in [0.15, 0.2) is 0 Å². The summed E-state index contributed by atoms with van der Waals surface area (Å²) in [5, 5.41) is 0. The van der Waals surface area contributed by atoms with Crippen LogP contribution in [0, 0.1) is 11.8 Å². The third kappa shape index (κ3) is 3.21. The molecule has 0 unspecified atom stereocenters. The molecule has 0 spiro atoms. The molecule has 1 aliphatic heterocycles. The summed E-state index contributed by atoms with van der Waals surface area (Å²) in [5.41, 5.74) is 0. The molecule has 0 radical (unpaired) electrons. The zero-order valence-corrected chi connectivity index (χ0v) is 14.5. The first-order chi connectivity index (χ1) is 11.5. The first kappa shape index (κ1) is 17.4. The lowest BCUT2D eigenvalue weighted by molar-refractivity contribution is -0.164. The summed E-state index contributed by atoms with van der Waals surface area (Å²) < 4.78 is 10.9. The van der Waals surface area contributed by atoms with Crippen molar-refractivity contribution >= 4 is 17.8 Å². The molecule has 1 saturated heterocycles. The first-order valence-electron chi connectivity index (χ1n) is 9.13. The lowest BCUT2D eigenvalue weighted by Gasteiger charge is -2.30. The zero-order valence-electron chi connectivity index (χ0n) is 14.5. The number of carbonyl (C=O) groups is 3. The van der Waals surface area contributed by atoms with Gasteiger partial charge in [0.15, 0.2) is 0 Å². The molecule has 2 amide bonds. The van der Waals surface area contributed by atoms with Crippen molar-refractivity contribution < 1.29 is 23.9 Å². The number of esters is 1. The van der Waals surface area contributed by atoms with Crippen molar-refractivity contribution in [1.29, 1.82) is 0 Å². The third-order valence-corrected chi connectivity index (χ3v) is 5.80. The molecule has 6 nitrogen and oxygen atoms in total. The third-order valence-electron chi connectivity index (χ3n) is 5.80. The van der Waals surface area contributed by atoms with Gasteiger partial charge in [-0.3, -0.25) is 14.5 Å². The molecular formula is C18H27NO5. The molecular weight excluding hydrogens is 310 g/mol. The minimum Gasteiger partial charge on any atom is -0.461 e. The number of rotatable bonds is 4. The molecule has 1 heterocycles. The largest absolute Gasteiger partial charge is 0.461 e. The molecule has 0 N–H and O–H groups in total. The molecule has 0 aromatic heterocycles. The fourth-order valence-electron chi connectivity index (χ4n) is 4.36. The van der Waals surface area contributed by atoms with Crippen LogP contribution in [0.3, 0.4) is 0 Å². The Hall–Kier alpha value is -1.43. The van der Waals surface area contributed by atoms with Crippen LogP contribution in [0.1, 0.15) is 58.3 Å². The van der Waals surface area contributed by atoms with E-state index in [4.69, 9.17) is 9.47 Å². The SMILES string of the molecule is CO[C@@H]1CCC[C@H](OC(=O)[C@H](C)N2C(=O)[C@H]3CCCC[C@H]3C2=O)C1. The normalized spacial score (nSPS) is 34.8. The van der Waals surface area contributed by atoms with Gasteiger partial charge in [-0.1, -0.05) is 12.8 Å². The van der Waals surface area contributed by atoms with Crippen molar-refractivity contribution in [1.82, 2.24) is 4.90 Å². The Balaban J connectivity index is 1.63. The van der Waals surface area contributed by atoms with E-state index in [1.54, 1.807) is 14.0 Å². The van der Waals surface area contributed by atoms with E-state index in [9.17, 15) is 14.4 Å². The number of amides is 2. The van der Waals surface area contributed by atoms with Gasteiger partial charge in [-0.2, -0.15) is 0 Å². The van der Waals surface area contributed by atoms with E-state index in [0.29, 0.717) is 6.42 Å². The predicted octanol–water partition coefficient (Wildman–Crippen LogP) is 2.05. The summed E-state index contributed by atoms with van der Waals surface area (Å²) >= 11 is 0. The van der Waals surface area contributed by atoms with Crippen LogP contribution in [-0.4, -0.2) is 48.0 Å². The van der Waals surface area contributed by atoms with Crippen molar-refractivity contribution in [2.45, 2.75) is 76.5 Å². The minimum atomic E-state index is -0.835. The quantitative estimate of drug-likeness (QED) is 0.580. The van der Waals surface area contributed by atoms with Crippen molar-refractivity contribution in [2.24, 2.45) is 11.8 Å². The summed E-state index contributed by atoms with van der Waals surface area (Å²) in [6.07, 6.45) is 6.83. The van der Waals surface area contributed by atoms with Gasteiger partial charge in [0.05, 0.1) is 17.9 Å². The Kier molecular flexibility index (Phi) is 5.23. The zero-order chi connectivity index (χ0) is 17.3. The van der Waals surface area contributed by atoms with Crippen molar-refractivity contribution in [3.05, 3.63) is 0 Å². The van der Waals surface area contributed by atoms with Crippen LogP contribution in [0.2, 0.25) is 0 Å². The molecule has 0 aromatic rings. The van der Waals surface area contributed by atoms with Crippen LogP contribution in [0.5, 0.6) is 0 Å². The summed E-state index contributed by atoms with van der Waals surface area (Å²) in [5.74, 6) is -1.31. The Morgan fingerprint density at radius 1 is 1.00 bits per heavy atom. The smallest absolute Gasteiger partial charge is 0.329 e. The van der Waals surface area contributed by atoms with Gasteiger partial charge in [0.2, 0.25) is 11.8 Å². The second kappa shape index (κ2) is 7.21. The Labute approximate surface area is 142 Å². The molecule has 5 atom stereocenters. The standard InChI is InChI=1S/C18H27NO5/c1-11(18(22)24-13-7-5-6-12(10-13)23-2)19-16(20)14-8-3-4-9-15(14)17(19)21/h11-15H,3-10H2,1-2H3/t11-,12+,13-,14-,15+/m0/s1. The van der Waals surface area contributed by atoms with Gasteiger partial charge in [0, 0.05) is 13.5 Å². The minimum absolute atomic E-state index is 0.116. The highest BCUT2D eigenvalue weighted by Gasteiger charge is 2.51. The van der Waals surface area contributed by atoms with E-state index < -0.39 is 12.0 Å². The van der Waals surface area contributed by atoms with E-state index in [1.165, 1.54) is 4.90 Å². The molecule has 2 aliphatic carbocycles. The highest BCUT2D eigenvalue weighted by atomic mass is 16.5. The number of nitrogens with zero attached hydrogens (tertiary/aromatic N) is 1. The predicted molar refractivity (Wildman–Crippen MR) is 85.9 cm³/mol. The van der Waals surface area contributed by atoms with Gasteiger partial charge in [0.25, 0.3) is 0 Å². The van der Waals surface area contributed by atoms with Gasteiger partial charge in [-0.15, -0.1) is 0 Å². The number of imide groups is 1. The van der Waals surface area contributed by atoms with E-state index in [2.05, 4.69) is 0 Å². The maximum atomic E-state index is 12.6. The van der Waals surface area contributed by atoms with Crippen LogP contribution < -0.4 is 0 Å². The number of methoxy groups -OCH3 is 1. The second-order valence-electron chi connectivity index (χ2n) is 7.30. The lowest BCUT2D eigenvalue weighted by atomic mass is 9.81. The van der Waals surface area contributed by atoms with Gasteiger partial charge in [-0.25, -0.2) is 4.79 Å². The maximum absolute atomic E-state index is 12.6. The molecule has 3 aliphatic rings. The molecule has 3 rings (SSSR count). The van der Waals surface area contributed by atoms with Gasteiger partial charge >= 0.3 is 5.97 Å². The highest BCUT2D eigenvalue weighted by molar-refractivity contribution is 6.07. The van der Waals surface area contributed by atoms with Crippen LogP contribution >= 0.6 is 0 Å². The van der Waals surface area contributed by atoms with Crippen LogP contribution in [0.4, 0.5) is 0 Å². The van der Waals surface area contributed by atoms with Crippen LogP contribution in [0.25, 0.3) is 0 Å². The average molecular weight is 337 g/mol. The summed E-state index contributed by atoms with van der Waals surface area (Å²) in [6.45, 7) is 1.60. The number of hydrogen-bond acceptors (Lipinski definition) is 5. The summed E-state index contributed by atoms with van der Waals surface area (Å²) in [6, 6.07) is -0.835. The average Bonchev–Trinajstić information content (AvgIpc) is 2.86. The fraction of sp³-hybridized carbons (Fsp3) is 0.833. The van der Waals surface area contributed by atoms with Crippen molar-refractivity contribution in [3.8, 4) is 0 Å². The topological polar surface area (TPSA) is 72.9 Å². The van der Waals surface area contributed by atoms with E-state index >= 15 is 0 Å². The first-order valence-corrected chi connectivity index (χ1v) is 9.13. The number of likely N-dealkylation sites (tertiary alicyclic amines) is 1. The molecule has 134 valence electrons. The van der Waals surface area contributed by atoms with Gasteiger partial charge in [-0.05, 0) is 39.0 Å². The number of hydrogen-bond donors (Lipinski definition) is 0. The monoisotopic (exact) mass is 337 g/mol. The summed E-state index contributed by atoms with van der Waals surface area (Å²) in [7, 11) is 1.67. The molecule has 24 heavy (non-hydrogen) atoms. The second-order valence-corrected chi connectivity index (χ2v) is 7.30. The fourth-order valence-corrected chi connectivity index (χ4v) is 4.36. The highest BCUT2D eigenvalue weighted by Crippen LogP contribution is 2.39. The Morgan fingerprint density at radius 3 is 2.17 bits per heavy atom. The van der Waals surface area contributed by atoms with E-state index in [-0.39, 0.29) is 35.9 Å². The number of ether oxygens (including phenoxy) is 2. The lowest BCUT2D eigenvalue weighted by Crippen LogP contribution is -2.45. The van der Waals surface area contributed by atoms with E-state index in [0.717, 1.165) is 44.9 Å².